The second kappa shape index (κ2) is 5.98. The van der Waals surface area contributed by atoms with Gasteiger partial charge in [0.2, 0.25) is 11.2 Å². The second-order valence-corrected chi connectivity index (χ2v) is 5.20. The first-order valence-electron chi connectivity index (χ1n) is 6.80. The molecule has 1 atom stereocenters. The Morgan fingerprint density at radius 1 is 1.16 bits per heavy atom. The highest BCUT2D eigenvalue weighted by atomic mass is 35.5. The Balaban J connectivity index is 1.82. The van der Waals surface area contributed by atoms with E-state index in [0.29, 0.717) is 19.2 Å². The van der Waals surface area contributed by atoms with Crippen molar-refractivity contribution in [1.29, 1.82) is 0 Å². The lowest BCUT2D eigenvalue weighted by Gasteiger charge is -2.28. The average molecular weight is 284 g/mol. The quantitative estimate of drug-likeness (QED) is 0.879. The first-order chi connectivity index (χ1) is 9.33. The van der Waals surface area contributed by atoms with Gasteiger partial charge in [-0.1, -0.05) is 6.42 Å². The van der Waals surface area contributed by atoms with Crippen molar-refractivity contribution >= 4 is 17.5 Å². The van der Waals surface area contributed by atoms with E-state index in [4.69, 9.17) is 16.3 Å². The summed E-state index contributed by atoms with van der Waals surface area (Å²) in [7, 11) is 0. The predicted octanol–water partition coefficient (Wildman–Crippen LogP) is 1.18. The molecule has 0 radical (unpaired) electrons. The van der Waals surface area contributed by atoms with Crippen molar-refractivity contribution in [2.24, 2.45) is 0 Å². The van der Waals surface area contributed by atoms with Gasteiger partial charge in [-0.05, 0) is 31.0 Å². The van der Waals surface area contributed by atoms with Crippen LogP contribution in [0.4, 0.5) is 5.95 Å². The van der Waals surface area contributed by atoms with Gasteiger partial charge >= 0.3 is 0 Å². The zero-order valence-corrected chi connectivity index (χ0v) is 11.6. The summed E-state index contributed by atoms with van der Waals surface area (Å²) >= 11 is 6.04. The summed E-state index contributed by atoms with van der Waals surface area (Å²) in [6, 6.07) is 0.203. The number of nitrogens with one attached hydrogen (secondary N) is 1. The van der Waals surface area contributed by atoms with Crippen molar-refractivity contribution in [2.45, 2.75) is 25.3 Å². The number of ether oxygens (including phenoxy) is 1. The maximum atomic E-state index is 6.04. The van der Waals surface area contributed by atoms with Crippen molar-refractivity contribution < 1.29 is 4.74 Å². The van der Waals surface area contributed by atoms with Crippen LogP contribution in [0.1, 0.15) is 31.1 Å². The van der Waals surface area contributed by atoms with Gasteiger partial charge in [-0.2, -0.15) is 9.97 Å². The molecule has 1 N–H and O–H groups in total. The molecule has 7 heteroatoms. The lowest BCUT2D eigenvalue weighted by atomic mass is 10.0. The van der Waals surface area contributed by atoms with Crippen LogP contribution >= 0.6 is 11.6 Å². The van der Waals surface area contributed by atoms with Crippen LogP contribution in [0.5, 0.6) is 0 Å². The SMILES string of the molecule is Clc1nc(C2CCCCN2)nc(N2CCOCC2)n1. The third-order valence-electron chi connectivity index (χ3n) is 3.53. The fraction of sp³-hybridized carbons (Fsp3) is 0.750. The Kier molecular flexibility index (Phi) is 4.10. The number of hydrogen-bond donors (Lipinski definition) is 1. The van der Waals surface area contributed by atoms with Gasteiger partial charge in [-0.15, -0.1) is 0 Å². The zero-order valence-electron chi connectivity index (χ0n) is 10.8. The van der Waals surface area contributed by atoms with Gasteiger partial charge in [0.25, 0.3) is 0 Å². The molecule has 1 unspecified atom stereocenters. The van der Waals surface area contributed by atoms with Gasteiger partial charge in [0.15, 0.2) is 5.82 Å². The topological polar surface area (TPSA) is 63.2 Å². The molecule has 104 valence electrons. The number of piperidine rings is 1. The van der Waals surface area contributed by atoms with Crippen LogP contribution in [0.3, 0.4) is 0 Å². The van der Waals surface area contributed by atoms with Crippen molar-refractivity contribution in [3.8, 4) is 0 Å². The maximum absolute atomic E-state index is 6.04. The van der Waals surface area contributed by atoms with Crippen molar-refractivity contribution in [1.82, 2.24) is 20.3 Å². The first kappa shape index (κ1) is 13.0. The van der Waals surface area contributed by atoms with E-state index >= 15 is 0 Å². The summed E-state index contributed by atoms with van der Waals surface area (Å²) in [4.78, 5) is 15.2. The van der Waals surface area contributed by atoms with E-state index in [-0.39, 0.29) is 11.3 Å². The van der Waals surface area contributed by atoms with Crippen molar-refractivity contribution in [2.75, 3.05) is 37.7 Å². The molecule has 1 aromatic heterocycles. The zero-order chi connectivity index (χ0) is 13.1. The molecule has 2 fully saturated rings. The molecule has 19 heavy (non-hydrogen) atoms. The van der Waals surface area contributed by atoms with Crippen LogP contribution in [0, 0.1) is 0 Å². The molecule has 0 aliphatic carbocycles. The molecule has 0 amide bonds. The van der Waals surface area contributed by atoms with Gasteiger partial charge in [0.1, 0.15) is 0 Å². The molecule has 0 aromatic carbocycles. The number of morpholine rings is 1. The number of anilines is 1. The molecule has 6 nitrogen and oxygen atoms in total. The van der Waals surface area contributed by atoms with Gasteiger partial charge < -0.3 is 15.0 Å². The lowest BCUT2D eigenvalue weighted by Crippen LogP contribution is -2.38. The molecule has 0 spiro atoms. The fourth-order valence-corrected chi connectivity index (χ4v) is 2.65. The van der Waals surface area contributed by atoms with Gasteiger partial charge in [0.05, 0.1) is 19.3 Å². The first-order valence-corrected chi connectivity index (χ1v) is 7.18. The normalized spacial score (nSPS) is 24.5. The Morgan fingerprint density at radius 2 is 2.00 bits per heavy atom. The van der Waals surface area contributed by atoms with E-state index in [0.717, 1.165) is 31.9 Å². The number of aromatic nitrogens is 3. The number of hydrogen-bond acceptors (Lipinski definition) is 6. The minimum absolute atomic E-state index is 0.203. The van der Waals surface area contributed by atoms with E-state index in [1.165, 1.54) is 12.8 Å². The molecule has 0 saturated carbocycles. The van der Waals surface area contributed by atoms with Gasteiger partial charge in [0, 0.05) is 13.1 Å². The van der Waals surface area contributed by atoms with E-state index in [1.807, 2.05) is 0 Å². The summed E-state index contributed by atoms with van der Waals surface area (Å²) in [5, 5.41) is 3.71. The summed E-state index contributed by atoms with van der Waals surface area (Å²) in [6.45, 7) is 4.04. The molecule has 1 aromatic rings. The van der Waals surface area contributed by atoms with Crippen LogP contribution in [-0.4, -0.2) is 47.8 Å². The molecule has 3 rings (SSSR count). The fourth-order valence-electron chi connectivity index (χ4n) is 2.49. The van der Waals surface area contributed by atoms with Crippen molar-refractivity contribution in [3.63, 3.8) is 0 Å². The number of rotatable bonds is 2. The van der Waals surface area contributed by atoms with E-state index in [2.05, 4.69) is 25.2 Å². The standard InChI is InChI=1S/C12H18ClN5O/c13-11-15-10(9-3-1-2-4-14-9)16-12(17-11)18-5-7-19-8-6-18/h9,14H,1-8H2. The Labute approximate surface area is 117 Å². The van der Waals surface area contributed by atoms with Crippen LogP contribution < -0.4 is 10.2 Å². The molecular weight excluding hydrogens is 266 g/mol. The minimum atomic E-state index is 0.203. The lowest BCUT2D eigenvalue weighted by molar-refractivity contribution is 0.122. The minimum Gasteiger partial charge on any atom is -0.378 e. The summed E-state index contributed by atoms with van der Waals surface area (Å²) < 4.78 is 5.34. The van der Waals surface area contributed by atoms with E-state index in [9.17, 15) is 0 Å². The van der Waals surface area contributed by atoms with Crippen LogP contribution in [0.15, 0.2) is 0 Å². The van der Waals surface area contributed by atoms with Crippen LogP contribution in [0.2, 0.25) is 5.28 Å². The molecule has 3 heterocycles. The third kappa shape index (κ3) is 3.13. The molecule has 0 bridgehead atoms. The number of halogens is 1. The Morgan fingerprint density at radius 3 is 2.74 bits per heavy atom. The molecular formula is C12H18ClN5O. The smallest absolute Gasteiger partial charge is 0.230 e. The second-order valence-electron chi connectivity index (χ2n) is 4.86. The Bertz CT molecular complexity index is 396. The van der Waals surface area contributed by atoms with Crippen LogP contribution in [-0.2, 0) is 4.74 Å². The number of nitrogens with zero attached hydrogens (tertiary/aromatic N) is 4. The van der Waals surface area contributed by atoms with E-state index in [1.54, 1.807) is 0 Å². The van der Waals surface area contributed by atoms with Crippen molar-refractivity contribution in [3.05, 3.63) is 11.1 Å². The molecule has 2 aliphatic rings. The summed E-state index contributed by atoms with van der Waals surface area (Å²) in [5.74, 6) is 1.44. The summed E-state index contributed by atoms with van der Waals surface area (Å²) in [5.41, 5.74) is 0. The largest absolute Gasteiger partial charge is 0.378 e. The highest BCUT2D eigenvalue weighted by Gasteiger charge is 2.21. The highest BCUT2D eigenvalue weighted by molar-refractivity contribution is 6.28. The van der Waals surface area contributed by atoms with Gasteiger partial charge in [-0.3, -0.25) is 0 Å². The highest BCUT2D eigenvalue weighted by Crippen LogP contribution is 2.22. The summed E-state index contributed by atoms with van der Waals surface area (Å²) in [6.07, 6.45) is 3.47. The van der Waals surface area contributed by atoms with Crippen LogP contribution in [0.25, 0.3) is 0 Å². The van der Waals surface area contributed by atoms with E-state index < -0.39 is 0 Å². The third-order valence-corrected chi connectivity index (χ3v) is 3.70. The monoisotopic (exact) mass is 283 g/mol. The molecule has 2 aliphatic heterocycles. The predicted molar refractivity (Wildman–Crippen MR) is 72.5 cm³/mol. The maximum Gasteiger partial charge on any atom is 0.230 e. The average Bonchev–Trinajstić information content (AvgIpc) is 2.48. The Hall–Kier alpha value is -0.980. The molecule has 2 saturated heterocycles. The van der Waals surface area contributed by atoms with Gasteiger partial charge in [-0.25, -0.2) is 4.98 Å².